The second-order valence-corrected chi connectivity index (χ2v) is 12.6. The number of thioether (sulfide) groups is 1. The Hall–Kier alpha value is -4.90. The summed E-state index contributed by atoms with van der Waals surface area (Å²) in [7, 11) is 1.57. The number of methoxy groups -OCH3 is 1. The van der Waals surface area contributed by atoms with Crippen LogP contribution < -0.4 is 20.7 Å². The lowest BCUT2D eigenvalue weighted by Gasteiger charge is -2.13. The van der Waals surface area contributed by atoms with Crippen molar-refractivity contribution in [3.63, 3.8) is 0 Å². The third kappa shape index (κ3) is 8.63. The first-order chi connectivity index (χ1) is 22.3. The van der Waals surface area contributed by atoms with Gasteiger partial charge in [-0.1, -0.05) is 60.1 Å². The van der Waals surface area contributed by atoms with E-state index in [1.807, 2.05) is 48.7 Å². The first kappa shape index (κ1) is 32.5. The van der Waals surface area contributed by atoms with Crippen LogP contribution in [-0.2, 0) is 9.59 Å². The van der Waals surface area contributed by atoms with E-state index in [-0.39, 0.29) is 11.6 Å². The fourth-order valence-corrected chi connectivity index (χ4v) is 6.03. The van der Waals surface area contributed by atoms with Gasteiger partial charge in [0.15, 0.2) is 5.13 Å². The summed E-state index contributed by atoms with van der Waals surface area (Å²) in [6.07, 6.45) is 1.60. The number of thiazole rings is 1. The van der Waals surface area contributed by atoms with E-state index >= 15 is 0 Å². The molecule has 0 fully saturated rings. The maximum Gasteiger partial charge on any atom is 0.272 e. The highest BCUT2D eigenvalue weighted by atomic mass is 35.5. The quantitative estimate of drug-likeness (QED) is 0.0972. The number of halogens is 1. The Balaban J connectivity index is 1.22. The molecule has 3 N–H and O–H groups in total. The van der Waals surface area contributed by atoms with E-state index in [2.05, 4.69) is 20.9 Å². The lowest BCUT2D eigenvalue weighted by Crippen LogP contribution is -2.30. The lowest BCUT2D eigenvalue weighted by molar-refractivity contribution is -0.115. The molecule has 0 aliphatic heterocycles. The molecule has 0 radical (unpaired) electrons. The van der Waals surface area contributed by atoms with Crippen LogP contribution in [0.4, 0.5) is 10.8 Å². The van der Waals surface area contributed by atoms with Crippen LogP contribution in [0.2, 0.25) is 5.02 Å². The standard InChI is InChI=1S/C35H29ClN4O4S2/c1-22(32(41)40-35-39-31(21-45-35)28-10-6-7-11-29(28)36)46-27-18-14-25(15-19-27)37-34(43)30(20-23-12-16-26(44-2)17-13-23)38-33(42)24-8-4-3-5-9-24/h3-22H,1-2H3,(H,37,43)(H,38,42)(H,39,40,41)/b30-20-. The van der Waals surface area contributed by atoms with E-state index in [9.17, 15) is 14.4 Å². The van der Waals surface area contributed by atoms with Crippen LogP contribution in [0.1, 0.15) is 22.8 Å². The Labute approximate surface area is 279 Å². The molecule has 3 amide bonds. The SMILES string of the molecule is COc1ccc(/C=C(\NC(=O)c2ccccc2)C(=O)Nc2ccc(SC(C)C(=O)Nc3nc(-c4ccccc4Cl)cs3)cc2)cc1. The highest BCUT2D eigenvalue weighted by molar-refractivity contribution is 8.00. The number of benzene rings is 4. The van der Waals surface area contributed by atoms with Gasteiger partial charge in [-0.15, -0.1) is 23.1 Å². The van der Waals surface area contributed by atoms with Gasteiger partial charge in [-0.3, -0.25) is 14.4 Å². The van der Waals surface area contributed by atoms with E-state index in [1.165, 1.54) is 23.1 Å². The zero-order valence-electron chi connectivity index (χ0n) is 24.8. The molecular weight excluding hydrogens is 640 g/mol. The van der Waals surface area contributed by atoms with Crippen molar-refractivity contribution in [2.75, 3.05) is 17.7 Å². The van der Waals surface area contributed by atoms with Gasteiger partial charge in [0.25, 0.3) is 11.8 Å². The van der Waals surface area contributed by atoms with Gasteiger partial charge in [0.05, 0.1) is 18.1 Å². The number of rotatable bonds is 11. The molecule has 0 saturated heterocycles. The maximum atomic E-state index is 13.4. The molecule has 0 spiro atoms. The molecule has 5 rings (SSSR count). The van der Waals surface area contributed by atoms with Gasteiger partial charge in [-0.2, -0.15) is 0 Å². The second-order valence-electron chi connectivity index (χ2n) is 9.90. The molecule has 0 saturated carbocycles. The molecule has 8 nitrogen and oxygen atoms in total. The summed E-state index contributed by atoms with van der Waals surface area (Å²) in [5, 5.41) is 11.0. The Morgan fingerprint density at radius 2 is 1.59 bits per heavy atom. The predicted molar refractivity (Wildman–Crippen MR) is 186 cm³/mol. The van der Waals surface area contributed by atoms with E-state index < -0.39 is 17.1 Å². The fourth-order valence-electron chi connectivity index (χ4n) is 4.21. The van der Waals surface area contributed by atoms with E-state index in [0.29, 0.717) is 38.4 Å². The second kappa shape index (κ2) is 15.4. The number of carbonyl (C=O) groups is 3. The summed E-state index contributed by atoms with van der Waals surface area (Å²) in [4.78, 5) is 44.5. The number of amides is 3. The average Bonchev–Trinajstić information content (AvgIpc) is 3.54. The van der Waals surface area contributed by atoms with Gasteiger partial charge in [0.2, 0.25) is 5.91 Å². The van der Waals surface area contributed by atoms with Crippen LogP contribution in [0.15, 0.2) is 119 Å². The fraction of sp³-hybridized carbons (Fsp3) is 0.0857. The van der Waals surface area contributed by atoms with Crippen LogP contribution in [0, 0.1) is 0 Å². The van der Waals surface area contributed by atoms with Crippen LogP contribution >= 0.6 is 34.7 Å². The predicted octanol–water partition coefficient (Wildman–Crippen LogP) is 8.00. The normalized spacial score (nSPS) is 11.8. The first-order valence-electron chi connectivity index (χ1n) is 14.1. The molecule has 1 atom stereocenters. The van der Waals surface area contributed by atoms with E-state index in [4.69, 9.17) is 16.3 Å². The molecule has 0 bridgehead atoms. The summed E-state index contributed by atoms with van der Waals surface area (Å²) < 4.78 is 5.22. The number of nitrogens with one attached hydrogen (secondary N) is 3. The van der Waals surface area contributed by atoms with Gasteiger partial charge in [-0.25, -0.2) is 4.98 Å². The minimum atomic E-state index is -0.493. The number of hydrogen-bond donors (Lipinski definition) is 3. The van der Waals surface area contributed by atoms with Crippen LogP contribution in [-0.4, -0.2) is 35.1 Å². The van der Waals surface area contributed by atoms with Crippen molar-refractivity contribution in [1.29, 1.82) is 0 Å². The smallest absolute Gasteiger partial charge is 0.272 e. The lowest BCUT2D eigenvalue weighted by atomic mass is 10.1. The zero-order valence-corrected chi connectivity index (χ0v) is 27.2. The van der Waals surface area contributed by atoms with Gasteiger partial charge in [0.1, 0.15) is 11.4 Å². The minimum absolute atomic E-state index is 0.0719. The number of hydrogen-bond acceptors (Lipinski definition) is 7. The third-order valence-corrected chi connectivity index (χ3v) is 8.83. The number of carbonyl (C=O) groups excluding carboxylic acids is 3. The van der Waals surface area contributed by atoms with Crippen molar-refractivity contribution < 1.29 is 19.1 Å². The molecule has 1 aromatic heterocycles. The molecule has 232 valence electrons. The van der Waals surface area contributed by atoms with Crippen molar-refractivity contribution in [3.05, 3.63) is 130 Å². The topological polar surface area (TPSA) is 109 Å². The zero-order chi connectivity index (χ0) is 32.5. The van der Waals surface area contributed by atoms with Gasteiger partial charge in [-0.05, 0) is 73.2 Å². The van der Waals surface area contributed by atoms with Crippen LogP contribution in [0.5, 0.6) is 5.75 Å². The highest BCUT2D eigenvalue weighted by Gasteiger charge is 2.18. The van der Waals surface area contributed by atoms with E-state index in [1.54, 1.807) is 79.9 Å². The van der Waals surface area contributed by atoms with Crippen molar-refractivity contribution >= 4 is 69.3 Å². The van der Waals surface area contributed by atoms with Crippen molar-refractivity contribution in [3.8, 4) is 17.0 Å². The largest absolute Gasteiger partial charge is 0.497 e. The summed E-state index contributed by atoms with van der Waals surface area (Å²) >= 11 is 8.99. The first-order valence-corrected chi connectivity index (χ1v) is 16.2. The molecule has 4 aromatic carbocycles. The van der Waals surface area contributed by atoms with Crippen LogP contribution in [0.3, 0.4) is 0 Å². The van der Waals surface area contributed by atoms with Crippen molar-refractivity contribution in [2.45, 2.75) is 17.1 Å². The Morgan fingerprint density at radius 1 is 0.891 bits per heavy atom. The van der Waals surface area contributed by atoms with E-state index in [0.717, 1.165) is 10.5 Å². The molecule has 0 aliphatic rings. The summed E-state index contributed by atoms with van der Waals surface area (Å²) in [5.74, 6) is -0.419. The molecule has 5 aromatic rings. The van der Waals surface area contributed by atoms with Crippen LogP contribution in [0.25, 0.3) is 17.3 Å². The maximum absolute atomic E-state index is 13.4. The highest BCUT2D eigenvalue weighted by Crippen LogP contribution is 2.31. The van der Waals surface area contributed by atoms with Gasteiger partial charge < -0.3 is 20.7 Å². The minimum Gasteiger partial charge on any atom is -0.497 e. The summed E-state index contributed by atoms with van der Waals surface area (Å²) in [6, 6.07) is 30.3. The summed E-state index contributed by atoms with van der Waals surface area (Å²) in [6.45, 7) is 1.81. The number of anilines is 2. The van der Waals surface area contributed by atoms with Gasteiger partial charge in [0, 0.05) is 32.1 Å². The Bertz CT molecular complexity index is 1860. The number of nitrogens with zero attached hydrogens (tertiary/aromatic N) is 1. The molecule has 0 aliphatic carbocycles. The molecule has 46 heavy (non-hydrogen) atoms. The molecular formula is C35H29ClN4O4S2. The van der Waals surface area contributed by atoms with Gasteiger partial charge >= 0.3 is 0 Å². The third-order valence-electron chi connectivity index (χ3n) is 6.63. The Morgan fingerprint density at radius 3 is 2.28 bits per heavy atom. The van der Waals surface area contributed by atoms with Crippen molar-refractivity contribution in [1.82, 2.24) is 10.3 Å². The monoisotopic (exact) mass is 668 g/mol. The molecule has 1 unspecified atom stereocenters. The summed E-state index contributed by atoms with van der Waals surface area (Å²) in [5.41, 5.74) is 3.23. The average molecular weight is 669 g/mol. The Kier molecular flexibility index (Phi) is 10.9. The number of aromatic nitrogens is 1. The number of ether oxygens (including phenoxy) is 1. The van der Waals surface area contributed by atoms with Crippen molar-refractivity contribution in [2.24, 2.45) is 0 Å². The molecule has 1 heterocycles. The molecule has 11 heteroatoms.